The van der Waals surface area contributed by atoms with E-state index in [0.717, 1.165) is 41.6 Å². The van der Waals surface area contributed by atoms with Gasteiger partial charge in [-0.25, -0.2) is 9.97 Å². The van der Waals surface area contributed by atoms with E-state index in [0.29, 0.717) is 0 Å². The van der Waals surface area contributed by atoms with Gasteiger partial charge in [-0.2, -0.15) is 11.8 Å². The van der Waals surface area contributed by atoms with E-state index in [1.54, 1.807) is 11.8 Å². The molecule has 0 unspecified atom stereocenters. The molecule has 1 N–H and O–H groups in total. The van der Waals surface area contributed by atoms with Crippen molar-refractivity contribution in [3.05, 3.63) is 42.2 Å². The standard InChI is InChI=1S/C15H19N3S/c1-3-9-16-14-10-13(12-7-5-4-6-8-12)17-15(18-14)11-19-2/h4-8,10H,3,9,11H2,1-2H3,(H,16,17,18). The van der Waals surface area contributed by atoms with Crippen molar-refractivity contribution in [2.45, 2.75) is 19.1 Å². The molecule has 0 bridgehead atoms. The van der Waals surface area contributed by atoms with Gasteiger partial charge in [0.2, 0.25) is 0 Å². The highest BCUT2D eigenvalue weighted by molar-refractivity contribution is 7.97. The first-order valence-electron chi connectivity index (χ1n) is 6.49. The van der Waals surface area contributed by atoms with Gasteiger partial charge in [-0.1, -0.05) is 37.3 Å². The van der Waals surface area contributed by atoms with Gasteiger partial charge in [-0.15, -0.1) is 0 Å². The first kappa shape index (κ1) is 13.9. The van der Waals surface area contributed by atoms with Crippen molar-refractivity contribution < 1.29 is 0 Å². The number of hydrogen-bond acceptors (Lipinski definition) is 4. The lowest BCUT2D eigenvalue weighted by Gasteiger charge is -2.09. The highest BCUT2D eigenvalue weighted by atomic mass is 32.2. The molecule has 0 fully saturated rings. The van der Waals surface area contributed by atoms with Gasteiger partial charge in [0, 0.05) is 18.2 Å². The Hall–Kier alpha value is -1.55. The van der Waals surface area contributed by atoms with Gasteiger partial charge in [0.15, 0.2) is 0 Å². The number of rotatable bonds is 6. The van der Waals surface area contributed by atoms with Crippen LogP contribution >= 0.6 is 11.8 Å². The molecule has 0 aliphatic heterocycles. The second-order valence-electron chi connectivity index (χ2n) is 4.28. The molecule has 0 radical (unpaired) electrons. The van der Waals surface area contributed by atoms with Crippen LogP contribution in [-0.2, 0) is 5.75 Å². The first-order chi connectivity index (χ1) is 9.33. The minimum atomic E-state index is 0.835. The Morgan fingerprint density at radius 3 is 2.63 bits per heavy atom. The quantitative estimate of drug-likeness (QED) is 0.868. The third-order valence-electron chi connectivity index (χ3n) is 2.67. The summed E-state index contributed by atoms with van der Waals surface area (Å²) >= 11 is 1.74. The molecule has 4 heteroatoms. The first-order valence-corrected chi connectivity index (χ1v) is 7.89. The molecule has 2 rings (SSSR count). The summed E-state index contributed by atoms with van der Waals surface area (Å²) in [6.07, 6.45) is 3.15. The number of thioether (sulfide) groups is 1. The van der Waals surface area contributed by atoms with Crippen LogP contribution in [0.5, 0.6) is 0 Å². The average Bonchev–Trinajstić information content (AvgIpc) is 2.46. The summed E-state index contributed by atoms with van der Waals surface area (Å²) in [6, 6.07) is 12.3. The molecule has 0 saturated carbocycles. The van der Waals surface area contributed by atoms with E-state index in [-0.39, 0.29) is 0 Å². The lowest BCUT2D eigenvalue weighted by molar-refractivity contribution is 0.952. The fourth-order valence-corrected chi connectivity index (χ4v) is 2.18. The van der Waals surface area contributed by atoms with E-state index in [9.17, 15) is 0 Å². The number of hydrogen-bond donors (Lipinski definition) is 1. The van der Waals surface area contributed by atoms with E-state index in [4.69, 9.17) is 0 Å². The van der Waals surface area contributed by atoms with Crippen LogP contribution in [0.15, 0.2) is 36.4 Å². The lowest BCUT2D eigenvalue weighted by Crippen LogP contribution is -2.05. The second kappa shape index (κ2) is 7.14. The van der Waals surface area contributed by atoms with Gasteiger partial charge in [0.05, 0.1) is 11.4 Å². The van der Waals surface area contributed by atoms with E-state index in [1.807, 2.05) is 24.3 Å². The van der Waals surface area contributed by atoms with Crippen LogP contribution < -0.4 is 5.32 Å². The number of benzene rings is 1. The molecule has 1 aromatic carbocycles. The van der Waals surface area contributed by atoms with Crippen molar-refractivity contribution in [3.8, 4) is 11.3 Å². The Balaban J connectivity index is 2.33. The van der Waals surface area contributed by atoms with E-state index in [2.05, 4.69) is 40.6 Å². The van der Waals surface area contributed by atoms with E-state index in [1.165, 1.54) is 0 Å². The normalized spacial score (nSPS) is 10.4. The molecular formula is C15H19N3S. The number of aromatic nitrogens is 2. The van der Waals surface area contributed by atoms with Gasteiger partial charge in [-0.3, -0.25) is 0 Å². The van der Waals surface area contributed by atoms with Crippen LogP contribution in [-0.4, -0.2) is 22.8 Å². The smallest absolute Gasteiger partial charge is 0.141 e. The zero-order chi connectivity index (χ0) is 13.5. The maximum atomic E-state index is 4.63. The van der Waals surface area contributed by atoms with Crippen LogP contribution in [0, 0.1) is 0 Å². The fraction of sp³-hybridized carbons (Fsp3) is 0.333. The van der Waals surface area contributed by atoms with Crippen molar-refractivity contribution in [2.24, 2.45) is 0 Å². The zero-order valence-electron chi connectivity index (χ0n) is 11.4. The van der Waals surface area contributed by atoms with Crippen molar-refractivity contribution in [1.82, 2.24) is 9.97 Å². The molecule has 0 saturated heterocycles. The van der Waals surface area contributed by atoms with Crippen LogP contribution in [0.2, 0.25) is 0 Å². The minimum absolute atomic E-state index is 0.835. The number of anilines is 1. The molecule has 2 aromatic rings. The number of nitrogens with zero attached hydrogens (tertiary/aromatic N) is 2. The zero-order valence-corrected chi connectivity index (χ0v) is 12.2. The average molecular weight is 273 g/mol. The Kier molecular flexibility index (Phi) is 5.21. The molecule has 100 valence electrons. The SMILES string of the molecule is CCCNc1cc(-c2ccccc2)nc(CSC)n1. The maximum Gasteiger partial charge on any atom is 0.141 e. The molecule has 0 amide bonds. The number of nitrogens with one attached hydrogen (secondary N) is 1. The van der Waals surface area contributed by atoms with E-state index < -0.39 is 0 Å². The molecule has 0 aliphatic carbocycles. The maximum absolute atomic E-state index is 4.63. The third kappa shape index (κ3) is 3.96. The largest absolute Gasteiger partial charge is 0.370 e. The van der Waals surface area contributed by atoms with Crippen molar-refractivity contribution in [3.63, 3.8) is 0 Å². The second-order valence-corrected chi connectivity index (χ2v) is 5.15. The summed E-state index contributed by atoms with van der Waals surface area (Å²) in [5, 5.41) is 3.34. The summed E-state index contributed by atoms with van der Waals surface area (Å²) in [4.78, 5) is 9.17. The molecule has 0 spiro atoms. The molecule has 19 heavy (non-hydrogen) atoms. The summed E-state index contributed by atoms with van der Waals surface area (Å²) in [5.74, 6) is 2.63. The predicted molar refractivity (Wildman–Crippen MR) is 83.5 cm³/mol. The van der Waals surface area contributed by atoms with Crippen LogP contribution in [0.4, 0.5) is 5.82 Å². The van der Waals surface area contributed by atoms with Crippen LogP contribution in [0.25, 0.3) is 11.3 Å². The highest BCUT2D eigenvalue weighted by Gasteiger charge is 2.06. The molecule has 0 atom stereocenters. The summed E-state index contributed by atoms with van der Waals surface area (Å²) in [5.41, 5.74) is 2.12. The fourth-order valence-electron chi connectivity index (χ4n) is 1.79. The predicted octanol–water partition coefficient (Wildman–Crippen LogP) is 3.83. The Bertz CT molecular complexity index is 514. The summed E-state index contributed by atoms with van der Waals surface area (Å²) in [6.45, 7) is 3.08. The summed E-state index contributed by atoms with van der Waals surface area (Å²) < 4.78 is 0. The molecule has 1 aromatic heterocycles. The van der Waals surface area contributed by atoms with Crippen LogP contribution in [0.3, 0.4) is 0 Å². The molecule has 3 nitrogen and oxygen atoms in total. The lowest BCUT2D eigenvalue weighted by atomic mass is 10.1. The van der Waals surface area contributed by atoms with E-state index >= 15 is 0 Å². The molecule has 0 aliphatic rings. The Labute approximate surface area is 118 Å². The third-order valence-corrected chi connectivity index (χ3v) is 3.22. The van der Waals surface area contributed by atoms with Gasteiger partial charge >= 0.3 is 0 Å². The molecule has 1 heterocycles. The molecular weight excluding hydrogens is 254 g/mol. The van der Waals surface area contributed by atoms with Crippen molar-refractivity contribution in [2.75, 3.05) is 18.1 Å². The minimum Gasteiger partial charge on any atom is -0.370 e. The Morgan fingerprint density at radius 1 is 1.16 bits per heavy atom. The van der Waals surface area contributed by atoms with Gasteiger partial charge in [-0.05, 0) is 12.7 Å². The van der Waals surface area contributed by atoms with Crippen molar-refractivity contribution >= 4 is 17.6 Å². The Morgan fingerprint density at radius 2 is 1.95 bits per heavy atom. The van der Waals surface area contributed by atoms with Gasteiger partial charge < -0.3 is 5.32 Å². The topological polar surface area (TPSA) is 37.8 Å². The monoisotopic (exact) mass is 273 g/mol. The van der Waals surface area contributed by atoms with Crippen molar-refractivity contribution in [1.29, 1.82) is 0 Å². The van der Waals surface area contributed by atoms with Gasteiger partial charge in [0.1, 0.15) is 11.6 Å². The summed E-state index contributed by atoms with van der Waals surface area (Å²) in [7, 11) is 0. The van der Waals surface area contributed by atoms with Gasteiger partial charge in [0.25, 0.3) is 0 Å². The van der Waals surface area contributed by atoms with Crippen LogP contribution in [0.1, 0.15) is 19.2 Å². The highest BCUT2D eigenvalue weighted by Crippen LogP contribution is 2.20.